The number of carboxylic acids is 1. The number of piperidine rings is 1. The third-order valence-electron chi connectivity index (χ3n) is 4.31. The lowest BCUT2D eigenvalue weighted by atomic mass is 9.97. The Kier molecular flexibility index (Phi) is 5.10. The molecule has 1 aromatic heterocycles. The van der Waals surface area contributed by atoms with Crippen LogP contribution in [0.3, 0.4) is 0 Å². The third-order valence-corrected chi connectivity index (χ3v) is 4.31. The van der Waals surface area contributed by atoms with E-state index in [2.05, 4.69) is 15.3 Å². The Bertz CT molecular complexity index is 887. The first kappa shape index (κ1) is 18.4. The normalized spacial score (nSPS) is 14.8. The van der Waals surface area contributed by atoms with Crippen molar-refractivity contribution >= 4 is 29.0 Å². The first-order valence-corrected chi connectivity index (χ1v) is 8.06. The van der Waals surface area contributed by atoms with Crippen LogP contribution in [0.2, 0.25) is 0 Å². The van der Waals surface area contributed by atoms with Gasteiger partial charge in [0.05, 0.1) is 16.5 Å². The van der Waals surface area contributed by atoms with E-state index >= 15 is 0 Å². The smallest absolute Gasteiger partial charge is 0.353 e. The Balaban J connectivity index is 1.91. The molecule has 2 N–H and O–H groups in total. The van der Waals surface area contributed by atoms with Gasteiger partial charge >= 0.3 is 11.7 Å². The molecule has 1 aromatic carbocycles. The van der Waals surface area contributed by atoms with E-state index in [1.54, 1.807) is 4.90 Å². The molecular weight excluding hydrogens is 364 g/mol. The van der Waals surface area contributed by atoms with Crippen LogP contribution in [0.1, 0.15) is 12.8 Å². The van der Waals surface area contributed by atoms with Crippen molar-refractivity contribution in [1.29, 1.82) is 0 Å². The van der Waals surface area contributed by atoms with Gasteiger partial charge in [-0.2, -0.15) is 0 Å². The molecule has 2 heterocycles. The summed E-state index contributed by atoms with van der Waals surface area (Å²) in [6.07, 6.45) is 1.74. The van der Waals surface area contributed by atoms with Crippen molar-refractivity contribution in [3.05, 3.63) is 46.3 Å². The fraction of sp³-hybridized carbons (Fsp3) is 0.312. The minimum absolute atomic E-state index is 0.0175. The molecule has 1 aliphatic rings. The number of nitrogens with one attached hydrogen (secondary N) is 1. The van der Waals surface area contributed by atoms with Crippen LogP contribution >= 0.6 is 0 Å². The van der Waals surface area contributed by atoms with E-state index in [9.17, 15) is 23.7 Å². The van der Waals surface area contributed by atoms with Crippen LogP contribution in [-0.2, 0) is 4.79 Å². The zero-order valence-corrected chi connectivity index (χ0v) is 13.9. The Labute approximate surface area is 151 Å². The number of benzene rings is 1. The average molecular weight is 379 g/mol. The molecule has 1 fully saturated rings. The second-order valence-electron chi connectivity index (χ2n) is 6.00. The van der Waals surface area contributed by atoms with Crippen molar-refractivity contribution < 1.29 is 23.6 Å². The highest BCUT2D eigenvalue weighted by Crippen LogP contribution is 2.35. The third kappa shape index (κ3) is 3.91. The zero-order valence-electron chi connectivity index (χ0n) is 13.9. The number of nitrogens with zero attached hydrogens (tertiary/aromatic N) is 4. The number of aliphatic carboxylic acids is 1. The maximum Gasteiger partial charge on any atom is 0.353 e. The second-order valence-corrected chi connectivity index (χ2v) is 6.00. The molecule has 0 aliphatic carbocycles. The summed E-state index contributed by atoms with van der Waals surface area (Å²) in [7, 11) is 0. The summed E-state index contributed by atoms with van der Waals surface area (Å²) in [6.45, 7) is 0.554. The van der Waals surface area contributed by atoms with Crippen LogP contribution in [-0.4, -0.2) is 39.1 Å². The van der Waals surface area contributed by atoms with Gasteiger partial charge in [0.1, 0.15) is 18.0 Å². The molecule has 0 spiro atoms. The summed E-state index contributed by atoms with van der Waals surface area (Å²) in [5.41, 5.74) is -0.635. The van der Waals surface area contributed by atoms with Crippen LogP contribution in [0.5, 0.6) is 0 Å². The standard InChI is InChI=1S/C16H15F2N5O4/c17-10-1-2-12(11(18)7-10)21-14-13(23(26)27)15(20-8-19-14)22-5-3-9(4-6-22)16(24)25/h1-2,7-9H,3-6H2,(H,24,25)(H,19,20,21). The quantitative estimate of drug-likeness (QED) is 0.601. The Hall–Kier alpha value is -3.37. The fourth-order valence-electron chi connectivity index (χ4n) is 2.92. The van der Waals surface area contributed by atoms with Gasteiger partial charge in [-0.05, 0) is 25.0 Å². The maximum atomic E-state index is 13.9. The van der Waals surface area contributed by atoms with E-state index in [1.807, 2.05) is 0 Å². The molecule has 0 saturated carbocycles. The molecule has 1 saturated heterocycles. The van der Waals surface area contributed by atoms with E-state index in [0.717, 1.165) is 18.5 Å². The van der Waals surface area contributed by atoms with E-state index < -0.39 is 34.1 Å². The lowest BCUT2D eigenvalue weighted by Crippen LogP contribution is -2.37. The van der Waals surface area contributed by atoms with Gasteiger partial charge in [0.25, 0.3) is 0 Å². The van der Waals surface area contributed by atoms with Crippen molar-refractivity contribution in [2.75, 3.05) is 23.3 Å². The van der Waals surface area contributed by atoms with Gasteiger partial charge < -0.3 is 15.3 Å². The van der Waals surface area contributed by atoms with Crippen LogP contribution in [0.4, 0.5) is 31.8 Å². The summed E-state index contributed by atoms with van der Waals surface area (Å²) in [6, 6.07) is 2.76. The number of nitro groups is 1. The second kappa shape index (κ2) is 7.48. The number of hydrogen-bond donors (Lipinski definition) is 2. The van der Waals surface area contributed by atoms with Crippen molar-refractivity contribution in [1.82, 2.24) is 9.97 Å². The largest absolute Gasteiger partial charge is 0.481 e. The Morgan fingerprint density at radius 1 is 1.30 bits per heavy atom. The van der Waals surface area contributed by atoms with Gasteiger partial charge in [-0.25, -0.2) is 18.7 Å². The molecule has 142 valence electrons. The summed E-state index contributed by atoms with van der Waals surface area (Å²) in [5, 5.41) is 23.2. The number of carbonyl (C=O) groups is 1. The SMILES string of the molecule is O=C(O)C1CCN(c2ncnc(Nc3ccc(F)cc3F)c2[N+](=O)[O-])CC1. The van der Waals surface area contributed by atoms with Gasteiger partial charge in [0, 0.05) is 19.2 Å². The summed E-state index contributed by atoms with van der Waals surface area (Å²) in [5.74, 6) is -3.34. The van der Waals surface area contributed by atoms with Crippen molar-refractivity contribution in [2.45, 2.75) is 12.8 Å². The van der Waals surface area contributed by atoms with Crippen molar-refractivity contribution in [3.8, 4) is 0 Å². The highest BCUT2D eigenvalue weighted by Gasteiger charge is 2.31. The molecule has 3 rings (SSSR count). The lowest BCUT2D eigenvalue weighted by molar-refractivity contribution is -0.383. The zero-order chi connectivity index (χ0) is 19.6. The fourth-order valence-corrected chi connectivity index (χ4v) is 2.92. The minimum atomic E-state index is -0.924. The molecular formula is C16H15F2N5O4. The summed E-state index contributed by atoms with van der Waals surface area (Å²) < 4.78 is 26.9. The van der Waals surface area contributed by atoms with E-state index in [0.29, 0.717) is 18.9 Å². The van der Waals surface area contributed by atoms with Crippen LogP contribution in [0, 0.1) is 27.7 Å². The number of halogens is 2. The molecule has 0 amide bonds. The van der Waals surface area contributed by atoms with Gasteiger partial charge in [0.2, 0.25) is 11.6 Å². The molecule has 0 radical (unpaired) electrons. The lowest BCUT2D eigenvalue weighted by Gasteiger charge is -2.30. The van der Waals surface area contributed by atoms with E-state index in [1.165, 1.54) is 0 Å². The number of carboxylic acid groups (broad SMARTS) is 1. The first-order valence-electron chi connectivity index (χ1n) is 8.06. The minimum Gasteiger partial charge on any atom is -0.481 e. The molecule has 0 bridgehead atoms. The molecule has 0 atom stereocenters. The Morgan fingerprint density at radius 2 is 2.00 bits per heavy atom. The summed E-state index contributed by atoms with van der Waals surface area (Å²) in [4.78, 5) is 31.3. The molecule has 27 heavy (non-hydrogen) atoms. The number of hydrogen-bond acceptors (Lipinski definition) is 7. The number of aromatic nitrogens is 2. The summed E-state index contributed by atoms with van der Waals surface area (Å²) >= 11 is 0. The molecule has 2 aromatic rings. The topological polar surface area (TPSA) is 121 Å². The number of anilines is 3. The highest BCUT2D eigenvalue weighted by atomic mass is 19.1. The molecule has 9 nitrogen and oxygen atoms in total. The molecule has 0 unspecified atom stereocenters. The predicted molar refractivity (Wildman–Crippen MR) is 90.9 cm³/mol. The highest BCUT2D eigenvalue weighted by molar-refractivity contribution is 5.75. The van der Waals surface area contributed by atoms with Gasteiger partial charge in [-0.15, -0.1) is 0 Å². The Morgan fingerprint density at radius 3 is 2.59 bits per heavy atom. The first-order chi connectivity index (χ1) is 12.9. The van der Waals surface area contributed by atoms with E-state index in [-0.39, 0.29) is 30.4 Å². The van der Waals surface area contributed by atoms with Crippen LogP contribution in [0.25, 0.3) is 0 Å². The van der Waals surface area contributed by atoms with Crippen molar-refractivity contribution in [3.63, 3.8) is 0 Å². The molecule has 11 heteroatoms. The van der Waals surface area contributed by atoms with Crippen molar-refractivity contribution in [2.24, 2.45) is 5.92 Å². The van der Waals surface area contributed by atoms with Gasteiger partial charge in [-0.3, -0.25) is 14.9 Å². The number of rotatable bonds is 5. The van der Waals surface area contributed by atoms with Gasteiger partial charge in [-0.1, -0.05) is 0 Å². The maximum absolute atomic E-state index is 13.9. The van der Waals surface area contributed by atoms with Crippen LogP contribution < -0.4 is 10.2 Å². The van der Waals surface area contributed by atoms with Crippen LogP contribution in [0.15, 0.2) is 24.5 Å². The predicted octanol–water partition coefficient (Wildman–Crippen LogP) is 2.71. The monoisotopic (exact) mass is 379 g/mol. The average Bonchev–Trinajstić information content (AvgIpc) is 2.63. The molecule has 1 aliphatic heterocycles. The van der Waals surface area contributed by atoms with E-state index in [4.69, 9.17) is 5.11 Å². The van der Waals surface area contributed by atoms with Gasteiger partial charge in [0.15, 0.2) is 0 Å².